The molecule has 0 unspecified atom stereocenters. The number of hydrogen-bond donors (Lipinski definition) is 0. The Labute approximate surface area is 134 Å². The molecule has 1 aliphatic heterocycles. The van der Waals surface area contributed by atoms with Crippen molar-refractivity contribution in [2.45, 2.75) is 19.2 Å². The molecule has 0 atom stereocenters. The van der Waals surface area contributed by atoms with E-state index >= 15 is 0 Å². The predicted molar refractivity (Wildman–Crippen MR) is 85.0 cm³/mol. The molecule has 0 amide bonds. The van der Waals surface area contributed by atoms with Crippen LogP contribution in [-0.2, 0) is 22.3 Å². The van der Waals surface area contributed by atoms with Gasteiger partial charge in [0.05, 0.1) is 5.69 Å². The number of thiophene rings is 1. The minimum atomic E-state index is -3.31. The Morgan fingerprint density at radius 2 is 2.00 bits per heavy atom. The first kappa shape index (κ1) is 15.7. The summed E-state index contributed by atoms with van der Waals surface area (Å²) in [5.74, 6) is -0.0897. The SMILES string of the molecule is Cc1ccc(CN2CCN(S(=O)(=O)Cc3ccon3)CC2)s1. The molecule has 22 heavy (non-hydrogen) atoms. The first-order chi connectivity index (χ1) is 10.5. The Morgan fingerprint density at radius 1 is 1.23 bits per heavy atom. The van der Waals surface area contributed by atoms with Crippen molar-refractivity contribution < 1.29 is 12.9 Å². The lowest BCUT2D eigenvalue weighted by Gasteiger charge is -2.33. The van der Waals surface area contributed by atoms with Gasteiger partial charge in [-0.15, -0.1) is 11.3 Å². The molecule has 1 aliphatic rings. The third-order valence-corrected chi connectivity index (χ3v) is 6.52. The van der Waals surface area contributed by atoms with Crippen molar-refractivity contribution in [2.24, 2.45) is 0 Å². The van der Waals surface area contributed by atoms with Gasteiger partial charge in [0, 0.05) is 48.5 Å². The highest BCUT2D eigenvalue weighted by Gasteiger charge is 2.27. The van der Waals surface area contributed by atoms with E-state index in [4.69, 9.17) is 4.52 Å². The Morgan fingerprint density at radius 3 is 2.59 bits per heavy atom. The lowest BCUT2D eigenvalue weighted by molar-refractivity contribution is 0.182. The summed E-state index contributed by atoms with van der Waals surface area (Å²) in [7, 11) is -3.31. The number of sulfonamides is 1. The Hall–Kier alpha value is -1.22. The molecule has 0 saturated carbocycles. The summed E-state index contributed by atoms with van der Waals surface area (Å²) in [5, 5.41) is 3.68. The largest absolute Gasteiger partial charge is 0.364 e. The Kier molecular flexibility index (Phi) is 4.62. The van der Waals surface area contributed by atoms with Gasteiger partial charge in [0.25, 0.3) is 0 Å². The van der Waals surface area contributed by atoms with E-state index < -0.39 is 10.0 Å². The average Bonchev–Trinajstić information content (AvgIpc) is 3.11. The molecule has 8 heteroatoms. The molecule has 3 heterocycles. The average molecular weight is 341 g/mol. The lowest BCUT2D eigenvalue weighted by Crippen LogP contribution is -2.48. The molecule has 6 nitrogen and oxygen atoms in total. The summed E-state index contributed by atoms with van der Waals surface area (Å²) in [6, 6.07) is 5.86. The number of piperazine rings is 1. The number of hydrogen-bond acceptors (Lipinski definition) is 6. The van der Waals surface area contributed by atoms with E-state index in [2.05, 4.69) is 29.1 Å². The molecule has 2 aromatic heterocycles. The molecule has 1 saturated heterocycles. The quantitative estimate of drug-likeness (QED) is 0.828. The minimum Gasteiger partial charge on any atom is -0.364 e. The van der Waals surface area contributed by atoms with E-state index in [1.807, 2.05) is 0 Å². The van der Waals surface area contributed by atoms with Gasteiger partial charge >= 0.3 is 0 Å². The number of aryl methyl sites for hydroxylation is 1. The number of rotatable bonds is 5. The van der Waals surface area contributed by atoms with Gasteiger partial charge < -0.3 is 4.52 Å². The van der Waals surface area contributed by atoms with Crippen molar-refractivity contribution in [2.75, 3.05) is 26.2 Å². The Balaban J connectivity index is 1.54. The highest BCUT2D eigenvalue weighted by molar-refractivity contribution is 7.88. The monoisotopic (exact) mass is 341 g/mol. The molecule has 0 N–H and O–H groups in total. The lowest BCUT2D eigenvalue weighted by atomic mass is 10.3. The zero-order valence-electron chi connectivity index (χ0n) is 12.4. The van der Waals surface area contributed by atoms with E-state index in [1.165, 1.54) is 16.0 Å². The molecule has 0 spiro atoms. The second-order valence-corrected chi connectivity index (χ2v) is 8.78. The van der Waals surface area contributed by atoms with Crippen LogP contribution < -0.4 is 0 Å². The van der Waals surface area contributed by atoms with Crippen LogP contribution in [0.25, 0.3) is 0 Å². The van der Waals surface area contributed by atoms with E-state index in [0.29, 0.717) is 18.8 Å². The molecule has 0 aliphatic carbocycles. The van der Waals surface area contributed by atoms with Crippen LogP contribution in [0.15, 0.2) is 29.0 Å². The maximum absolute atomic E-state index is 12.3. The molecule has 120 valence electrons. The summed E-state index contributed by atoms with van der Waals surface area (Å²) in [4.78, 5) is 4.94. The summed E-state index contributed by atoms with van der Waals surface area (Å²) in [6.07, 6.45) is 1.39. The summed E-state index contributed by atoms with van der Waals surface area (Å²) in [6.45, 7) is 5.58. The van der Waals surface area contributed by atoms with Gasteiger partial charge in [-0.2, -0.15) is 4.31 Å². The smallest absolute Gasteiger partial charge is 0.220 e. The molecule has 3 rings (SSSR count). The first-order valence-electron chi connectivity index (χ1n) is 7.18. The number of aromatic nitrogens is 1. The van der Waals surface area contributed by atoms with Gasteiger partial charge in [-0.3, -0.25) is 4.90 Å². The third kappa shape index (κ3) is 3.75. The van der Waals surface area contributed by atoms with Gasteiger partial charge in [0.15, 0.2) is 0 Å². The highest BCUT2D eigenvalue weighted by atomic mass is 32.2. The van der Waals surface area contributed by atoms with Gasteiger partial charge in [-0.25, -0.2) is 8.42 Å². The van der Waals surface area contributed by atoms with E-state index in [1.54, 1.807) is 21.7 Å². The Bertz CT molecular complexity index is 702. The highest BCUT2D eigenvalue weighted by Crippen LogP contribution is 2.19. The maximum atomic E-state index is 12.3. The molecular weight excluding hydrogens is 322 g/mol. The van der Waals surface area contributed by atoms with Gasteiger partial charge in [0.2, 0.25) is 10.0 Å². The molecule has 0 aromatic carbocycles. The van der Waals surface area contributed by atoms with Crippen LogP contribution in [0.5, 0.6) is 0 Å². The van der Waals surface area contributed by atoms with Crippen LogP contribution in [0.2, 0.25) is 0 Å². The predicted octanol–water partition coefficient (Wildman–Crippen LogP) is 1.69. The van der Waals surface area contributed by atoms with Crippen molar-refractivity contribution in [3.63, 3.8) is 0 Å². The van der Waals surface area contributed by atoms with Crippen molar-refractivity contribution in [1.29, 1.82) is 0 Å². The van der Waals surface area contributed by atoms with E-state index in [0.717, 1.165) is 19.6 Å². The van der Waals surface area contributed by atoms with Crippen molar-refractivity contribution in [1.82, 2.24) is 14.4 Å². The van der Waals surface area contributed by atoms with Crippen molar-refractivity contribution >= 4 is 21.4 Å². The van der Waals surface area contributed by atoms with Crippen molar-refractivity contribution in [3.8, 4) is 0 Å². The molecule has 1 fully saturated rings. The number of nitrogens with zero attached hydrogens (tertiary/aromatic N) is 3. The summed E-state index contributed by atoms with van der Waals surface area (Å²) < 4.78 is 30.9. The normalized spacial score (nSPS) is 17.9. The molecule has 0 bridgehead atoms. The topological polar surface area (TPSA) is 66.7 Å². The zero-order valence-corrected chi connectivity index (χ0v) is 14.1. The van der Waals surface area contributed by atoms with Crippen molar-refractivity contribution in [3.05, 3.63) is 39.9 Å². The fourth-order valence-electron chi connectivity index (χ4n) is 2.55. The minimum absolute atomic E-state index is 0.0897. The molecule has 2 aromatic rings. The fraction of sp³-hybridized carbons (Fsp3) is 0.500. The maximum Gasteiger partial charge on any atom is 0.220 e. The standard InChI is InChI=1S/C14H19N3O3S2/c1-12-2-3-14(21-12)10-16-5-7-17(8-6-16)22(18,19)11-13-4-9-20-15-13/h2-4,9H,5-8,10-11H2,1H3. The van der Waals surface area contributed by atoms with E-state index in [-0.39, 0.29) is 5.75 Å². The van der Waals surface area contributed by atoms with Crippen LogP contribution in [0.1, 0.15) is 15.4 Å². The van der Waals surface area contributed by atoms with Crippen LogP contribution in [0.4, 0.5) is 0 Å². The van der Waals surface area contributed by atoms with Crippen LogP contribution in [-0.4, -0.2) is 49.0 Å². The second kappa shape index (κ2) is 6.49. The third-order valence-electron chi connectivity index (χ3n) is 3.72. The van der Waals surface area contributed by atoms with Crippen LogP contribution in [0.3, 0.4) is 0 Å². The first-order valence-corrected chi connectivity index (χ1v) is 9.60. The zero-order chi connectivity index (χ0) is 15.6. The summed E-state index contributed by atoms with van der Waals surface area (Å²) >= 11 is 1.80. The van der Waals surface area contributed by atoms with Crippen LogP contribution in [0, 0.1) is 6.92 Å². The summed E-state index contributed by atoms with van der Waals surface area (Å²) in [5.41, 5.74) is 0.455. The van der Waals surface area contributed by atoms with Gasteiger partial charge in [0.1, 0.15) is 12.0 Å². The second-order valence-electron chi connectivity index (χ2n) is 5.43. The van der Waals surface area contributed by atoms with E-state index in [9.17, 15) is 8.42 Å². The van der Waals surface area contributed by atoms with Gasteiger partial charge in [-0.05, 0) is 19.1 Å². The van der Waals surface area contributed by atoms with Crippen LogP contribution >= 0.6 is 11.3 Å². The molecular formula is C14H19N3O3S2. The molecule has 0 radical (unpaired) electrons. The fourth-order valence-corrected chi connectivity index (χ4v) is 4.90. The van der Waals surface area contributed by atoms with Gasteiger partial charge in [-0.1, -0.05) is 5.16 Å².